The van der Waals surface area contributed by atoms with Gasteiger partial charge in [-0.05, 0) is 67.4 Å². The Kier molecular flexibility index (Phi) is 8.82. The lowest BCUT2D eigenvalue weighted by Crippen LogP contribution is -2.39. The van der Waals surface area contributed by atoms with Gasteiger partial charge in [0.05, 0.1) is 35.6 Å². The topological polar surface area (TPSA) is 79.1 Å². The van der Waals surface area contributed by atoms with E-state index in [0.29, 0.717) is 47.7 Å². The number of esters is 1. The van der Waals surface area contributed by atoms with Gasteiger partial charge in [-0.1, -0.05) is 58.8 Å². The first-order valence-electron chi connectivity index (χ1n) is 12.9. The van der Waals surface area contributed by atoms with Gasteiger partial charge in [0.1, 0.15) is 12.4 Å². The maximum Gasteiger partial charge on any atom is 0.338 e. The Balaban J connectivity index is 1.53. The standard InChI is InChI=1S/C31H25Cl2FN2O5S/c1-4-40-30(38)27-17(2)35-31-36(28(27)19-7-10-22(34)11-8-19)29(37)26(42-31)14-18-5-12-24(25(13-18)39-3)41-16-20-6-9-21(32)15-23(20)33/h5-15,28H,4,16H2,1-3H3/b26-14-/t28-/m0/s1. The van der Waals surface area contributed by atoms with E-state index in [1.54, 1.807) is 68.5 Å². The van der Waals surface area contributed by atoms with Crippen molar-refractivity contribution in [1.82, 2.24) is 4.57 Å². The summed E-state index contributed by atoms with van der Waals surface area (Å²) in [7, 11) is 1.53. The molecule has 0 amide bonds. The molecule has 3 aromatic carbocycles. The smallest absolute Gasteiger partial charge is 0.338 e. The van der Waals surface area contributed by atoms with E-state index >= 15 is 0 Å². The average Bonchev–Trinajstić information content (AvgIpc) is 3.26. The van der Waals surface area contributed by atoms with Crippen LogP contribution in [-0.2, 0) is 16.1 Å². The molecule has 0 spiro atoms. The second-order valence-electron chi connectivity index (χ2n) is 9.29. The number of benzene rings is 3. The number of aromatic nitrogens is 1. The molecule has 0 radical (unpaired) electrons. The monoisotopic (exact) mass is 626 g/mol. The van der Waals surface area contributed by atoms with Crippen LogP contribution >= 0.6 is 34.5 Å². The number of thiazole rings is 1. The summed E-state index contributed by atoms with van der Waals surface area (Å²) in [5.41, 5.74) is 2.32. The van der Waals surface area contributed by atoms with Crippen molar-refractivity contribution in [2.24, 2.45) is 4.99 Å². The van der Waals surface area contributed by atoms with E-state index in [1.807, 2.05) is 0 Å². The van der Waals surface area contributed by atoms with Crippen LogP contribution in [0.2, 0.25) is 10.0 Å². The number of carbonyl (C=O) groups excluding carboxylic acids is 1. The van der Waals surface area contributed by atoms with Gasteiger partial charge in [0.25, 0.3) is 5.56 Å². The third-order valence-corrected chi connectivity index (χ3v) is 8.16. The minimum Gasteiger partial charge on any atom is -0.493 e. The second kappa shape index (κ2) is 12.5. The molecular formula is C31H25Cl2FN2O5S. The summed E-state index contributed by atoms with van der Waals surface area (Å²) in [5.74, 6) is -0.0517. The van der Waals surface area contributed by atoms with Gasteiger partial charge in [0.15, 0.2) is 16.3 Å². The lowest BCUT2D eigenvalue weighted by Gasteiger charge is -2.24. The zero-order valence-electron chi connectivity index (χ0n) is 22.8. The molecule has 2 heterocycles. The van der Waals surface area contributed by atoms with Gasteiger partial charge in [-0.3, -0.25) is 9.36 Å². The molecule has 4 aromatic rings. The number of halogens is 3. The van der Waals surface area contributed by atoms with E-state index in [0.717, 1.165) is 5.56 Å². The number of hydrogen-bond donors (Lipinski definition) is 0. The molecule has 0 aliphatic carbocycles. The van der Waals surface area contributed by atoms with Crippen molar-refractivity contribution in [3.63, 3.8) is 0 Å². The Hall–Kier alpha value is -3.92. The van der Waals surface area contributed by atoms with Crippen molar-refractivity contribution in [3.8, 4) is 11.5 Å². The zero-order chi connectivity index (χ0) is 30.0. The Morgan fingerprint density at radius 2 is 1.86 bits per heavy atom. The van der Waals surface area contributed by atoms with E-state index in [9.17, 15) is 14.0 Å². The van der Waals surface area contributed by atoms with Gasteiger partial charge in [-0.2, -0.15) is 0 Å². The molecule has 216 valence electrons. The molecule has 0 N–H and O–H groups in total. The zero-order valence-corrected chi connectivity index (χ0v) is 25.1. The molecule has 1 aliphatic rings. The van der Waals surface area contributed by atoms with Gasteiger partial charge in [0.2, 0.25) is 0 Å². The maximum atomic E-state index is 13.8. The van der Waals surface area contributed by atoms with Gasteiger partial charge < -0.3 is 14.2 Å². The van der Waals surface area contributed by atoms with Crippen LogP contribution in [0.5, 0.6) is 11.5 Å². The van der Waals surface area contributed by atoms with Crippen molar-refractivity contribution in [1.29, 1.82) is 0 Å². The number of nitrogens with zero attached hydrogens (tertiary/aromatic N) is 2. The average molecular weight is 628 g/mol. The highest BCUT2D eigenvalue weighted by molar-refractivity contribution is 7.07. The van der Waals surface area contributed by atoms with Gasteiger partial charge in [-0.25, -0.2) is 14.2 Å². The molecule has 0 bridgehead atoms. The summed E-state index contributed by atoms with van der Waals surface area (Å²) in [5, 5.41) is 1.03. The van der Waals surface area contributed by atoms with Crippen LogP contribution in [0.3, 0.4) is 0 Å². The molecule has 1 atom stereocenters. The maximum absolute atomic E-state index is 13.8. The van der Waals surface area contributed by atoms with Crippen molar-refractivity contribution in [2.45, 2.75) is 26.5 Å². The second-order valence-corrected chi connectivity index (χ2v) is 11.1. The molecule has 1 aromatic heterocycles. The van der Waals surface area contributed by atoms with Crippen LogP contribution in [0, 0.1) is 5.82 Å². The van der Waals surface area contributed by atoms with Crippen LogP contribution in [0.4, 0.5) is 4.39 Å². The number of carbonyl (C=O) groups is 1. The molecule has 1 aliphatic heterocycles. The van der Waals surface area contributed by atoms with E-state index < -0.39 is 17.8 Å². The van der Waals surface area contributed by atoms with E-state index in [-0.39, 0.29) is 24.3 Å². The quantitative estimate of drug-likeness (QED) is 0.230. The van der Waals surface area contributed by atoms with Gasteiger partial charge >= 0.3 is 5.97 Å². The number of hydrogen-bond acceptors (Lipinski definition) is 7. The minimum absolute atomic E-state index is 0.157. The SMILES string of the molecule is CCOC(=O)C1=C(C)N=c2s/c(=C\c3ccc(OCc4ccc(Cl)cc4Cl)c(OC)c3)c(=O)n2[C@H]1c1ccc(F)cc1. The van der Waals surface area contributed by atoms with Crippen LogP contribution in [-0.4, -0.2) is 24.3 Å². The molecule has 42 heavy (non-hydrogen) atoms. The molecule has 0 unspecified atom stereocenters. The fourth-order valence-electron chi connectivity index (χ4n) is 4.59. The highest BCUT2D eigenvalue weighted by Crippen LogP contribution is 2.32. The number of fused-ring (bicyclic) bond motifs is 1. The molecular weight excluding hydrogens is 602 g/mol. The summed E-state index contributed by atoms with van der Waals surface area (Å²) >= 11 is 13.4. The minimum atomic E-state index is -0.826. The van der Waals surface area contributed by atoms with Crippen molar-refractivity contribution in [3.05, 3.63) is 124 Å². The first-order chi connectivity index (χ1) is 20.2. The van der Waals surface area contributed by atoms with Crippen LogP contribution in [0.25, 0.3) is 6.08 Å². The normalized spacial score (nSPS) is 14.8. The first kappa shape index (κ1) is 29.6. The Labute approximate surface area is 254 Å². The van der Waals surface area contributed by atoms with Gasteiger partial charge in [0, 0.05) is 15.6 Å². The molecule has 7 nitrogen and oxygen atoms in total. The molecule has 0 saturated carbocycles. The van der Waals surface area contributed by atoms with Crippen LogP contribution < -0.4 is 24.4 Å². The van der Waals surface area contributed by atoms with Gasteiger partial charge in [-0.15, -0.1) is 0 Å². The van der Waals surface area contributed by atoms with Crippen molar-refractivity contribution in [2.75, 3.05) is 13.7 Å². The van der Waals surface area contributed by atoms with Crippen LogP contribution in [0.15, 0.2) is 81.7 Å². The molecule has 11 heteroatoms. The third-order valence-electron chi connectivity index (χ3n) is 6.59. The fraction of sp³-hybridized carbons (Fsp3) is 0.194. The first-order valence-corrected chi connectivity index (χ1v) is 14.5. The van der Waals surface area contributed by atoms with Crippen LogP contribution in [0.1, 0.15) is 36.6 Å². The van der Waals surface area contributed by atoms with E-state index in [1.165, 1.54) is 35.1 Å². The van der Waals surface area contributed by atoms with Crippen molar-refractivity contribution < 1.29 is 23.4 Å². The molecule has 0 saturated heterocycles. The summed E-state index contributed by atoms with van der Waals surface area (Å²) < 4.78 is 32.4. The fourth-order valence-corrected chi connectivity index (χ4v) is 6.10. The van der Waals surface area contributed by atoms with Crippen molar-refractivity contribution >= 4 is 46.6 Å². The van der Waals surface area contributed by atoms with E-state index in [2.05, 4.69) is 4.99 Å². The summed E-state index contributed by atoms with van der Waals surface area (Å²) in [6.07, 6.45) is 1.72. The molecule has 5 rings (SSSR count). The highest BCUT2D eigenvalue weighted by Gasteiger charge is 2.33. The summed E-state index contributed by atoms with van der Waals surface area (Å²) in [6, 6.07) is 15.3. The largest absolute Gasteiger partial charge is 0.493 e. The Morgan fingerprint density at radius 3 is 2.55 bits per heavy atom. The summed E-state index contributed by atoms with van der Waals surface area (Å²) in [6.45, 7) is 3.76. The lowest BCUT2D eigenvalue weighted by atomic mass is 9.96. The summed E-state index contributed by atoms with van der Waals surface area (Å²) in [4.78, 5) is 31.8. The molecule has 0 fully saturated rings. The highest BCUT2D eigenvalue weighted by atomic mass is 35.5. The number of rotatable bonds is 8. The Morgan fingerprint density at radius 1 is 1.10 bits per heavy atom. The predicted octanol–water partition coefficient (Wildman–Crippen LogP) is 5.83. The predicted molar refractivity (Wildman–Crippen MR) is 161 cm³/mol. The number of ether oxygens (including phenoxy) is 3. The number of allylic oxidation sites excluding steroid dienone is 1. The Bertz CT molecular complexity index is 1880. The van der Waals surface area contributed by atoms with E-state index in [4.69, 9.17) is 37.4 Å². The lowest BCUT2D eigenvalue weighted by molar-refractivity contribution is -0.139. The third kappa shape index (κ3) is 5.99. The number of methoxy groups -OCH3 is 1.